The van der Waals surface area contributed by atoms with Crippen molar-refractivity contribution in [2.45, 2.75) is 22.9 Å². The van der Waals surface area contributed by atoms with Crippen LogP contribution < -0.4 is 57.3 Å². The van der Waals surface area contributed by atoms with Gasteiger partial charge in [-0.25, -0.2) is 0 Å². The van der Waals surface area contributed by atoms with E-state index in [0.717, 1.165) is 134 Å². The minimum atomic E-state index is -4.94. The van der Waals surface area contributed by atoms with Crippen LogP contribution in [0.25, 0.3) is 33.4 Å². The highest BCUT2D eigenvalue weighted by Gasteiger charge is 2.53. The van der Waals surface area contributed by atoms with Gasteiger partial charge < -0.3 is 24.5 Å². The van der Waals surface area contributed by atoms with E-state index in [4.69, 9.17) is 0 Å². The quantitative estimate of drug-likeness (QED) is 0.113. The number of para-hydroxylation sites is 7. The molecule has 4 aliphatic rings. The van der Waals surface area contributed by atoms with E-state index in [1.165, 1.54) is 11.8 Å². The minimum Gasteiger partial charge on any atom is -0.311 e. The van der Waals surface area contributed by atoms with E-state index < -0.39 is 25.2 Å². The average Bonchev–Trinajstić information content (AvgIpc) is 0.675. The number of alkyl halides is 3. The molecule has 0 spiro atoms. The van der Waals surface area contributed by atoms with Crippen LogP contribution in [-0.4, -0.2) is 13.4 Å². The molecule has 0 aliphatic carbocycles. The summed E-state index contributed by atoms with van der Waals surface area (Å²) in [6.45, 7) is 0.696. The van der Waals surface area contributed by atoms with Crippen molar-refractivity contribution in [1.82, 2.24) is 0 Å². The van der Waals surface area contributed by atoms with Gasteiger partial charge >= 0.3 is 6.18 Å². The molecule has 5 nitrogen and oxygen atoms in total. The monoisotopic (exact) mass is 1350 g/mol. The van der Waals surface area contributed by atoms with Crippen molar-refractivity contribution in [3.8, 4) is 33.4 Å². The van der Waals surface area contributed by atoms with Crippen LogP contribution in [0.1, 0.15) is 11.1 Å². The van der Waals surface area contributed by atoms with Gasteiger partial charge in [0.1, 0.15) is 0 Å². The van der Waals surface area contributed by atoms with Gasteiger partial charge in [-0.3, -0.25) is 0 Å². The van der Waals surface area contributed by atoms with Gasteiger partial charge in [0.2, 0.25) is 6.71 Å². The Morgan fingerprint density at radius 1 is 0.301 bits per heavy atom. The Morgan fingerprint density at radius 3 is 1.28 bits per heavy atom. The van der Waals surface area contributed by atoms with E-state index in [0.29, 0.717) is 22.3 Å². The molecule has 0 N–H and O–H groups in total. The Labute approximate surface area is 602 Å². The maximum atomic E-state index is 18.7. The van der Waals surface area contributed by atoms with Gasteiger partial charge in [-0.15, -0.1) is 0 Å². The normalized spacial score (nSPS) is 12.9. The lowest BCUT2D eigenvalue weighted by Crippen LogP contribution is -2.65. The number of halogens is 3. The molecule has 0 bridgehead atoms. The third-order valence-corrected chi connectivity index (χ3v) is 21.9. The number of rotatable bonds is 12. The molecule has 4 aliphatic heterocycles. The highest BCUT2D eigenvalue weighted by atomic mass is 32.2. The fourth-order valence-corrected chi connectivity index (χ4v) is 17.8. The molecular formula is C92H62B2F3N5S. The average molecular weight is 1350 g/mol. The number of benzene rings is 15. The second-order valence-electron chi connectivity index (χ2n) is 26.7. The van der Waals surface area contributed by atoms with Crippen molar-refractivity contribution in [3.63, 3.8) is 0 Å². The number of anilines is 15. The zero-order chi connectivity index (χ0) is 68.9. The largest absolute Gasteiger partial charge is 0.419 e. The first-order chi connectivity index (χ1) is 50.7. The maximum Gasteiger partial charge on any atom is 0.419 e. The Hall–Kier alpha value is -12.4. The first-order valence-electron chi connectivity index (χ1n) is 34.9. The zero-order valence-electron chi connectivity index (χ0n) is 56.0. The number of hydrogen-bond acceptors (Lipinski definition) is 6. The number of hydrogen-bond donors (Lipinski definition) is 0. The Balaban J connectivity index is 0.930. The number of fused-ring (bicyclic) bond motifs is 8. The highest BCUT2D eigenvalue weighted by Crippen LogP contribution is 2.57. The van der Waals surface area contributed by atoms with Crippen LogP contribution >= 0.6 is 11.8 Å². The molecule has 0 saturated heterocycles. The first kappa shape index (κ1) is 61.6. The van der Waals surface area contributed by atoms with Gasteiger partial charge in [-0.1, -0.05) is 266 Å². The van der Waals surface area contributed by atoms with Gasteiger partial charge in [0.15, 0.2) is 0 Å². The first-order valence-corrected chi connectivity index (χ1v) is 35.7. The molecule has 15 aromatic rings. The summed E-state index contributed by atoms with van der Waals surface area (Å²) < 4.78 is 56.1. The van der Waals surface area contributed by atoms with Crippen molar-refractivity contribution in [2.75, 3.05) is 24.5 Å². The summed E-state index contributed by atoms with van der Waals surface area (Å²) in [6.07, 6.45) is -4.94. The van der Waals surface area contributed by atoms with Gasteiger partial charge in [0, 0.05) is 83.6 Å². The standard InChI is InChI=1S/C92H62B2F3N5S/c1-61-29-27-46-75(65-34-13-4-14-35-65)89(61)102-83-57-73(98(67-37-15-5-16-38-67)68-39-17-6-18-40-68)56-82-87(83)93(76-47-23-25-49-80(76)100(82)69-41-19-7-20-42-69)78-60-79-91(86(90(78)102)92(95,96)97)103-85-59-74(58-84-88(85)94(79)77-48-24-26-50-81(77)101(84)70-43-21-8-22-44-70)99(71-53-51-64(52-54-71)62-30-9-2-10-31-62)72-45-28-36-66(55-72)63-32-11-3-12-33-63/h2-60H,1H3. The summed E-state index contributed by atoms with van der Waals surface area (Å²) in [5, 5.41) is 0. The van der Waals surface area contributed by atoms with Crippen LogP contribution in [0.3, 0.4) is 0 Å². The SMILES string of the molecule is Cc1cccc(-c2ccccc2)c1N1c2cc(N(c3ccccc3)c3ccccc3)cc3c2B(c2ccccc2N3c2ccccc2)c2cc3c(c(C(F)(F)F)c21)Sc1cc(N(c2ccc(-c4ccccc4)cc2)c2cccc(-c4ccccc4)c2)cc2c1B3c1ccccc1N2c1ccccc1. The predicted molar refractivity (Wildman–Crippen MR) is 426 cm³/mol. The summed E-state index contributed by atoms with van der Waals surface area (Å²) in [7, 11) is 0. The summed E-state index contributed by atoms with van der Waals surface area (Å²) in [4.78, 5) is 12.1. The second kappa shape index (κ2) is 25.0. The summed E-state index contributed by atoms with van der Waals surface area (Å²) in [5.41, 5.74) is 22.8. The minimum absolute atomic E-state index is 0.104. The molecule has 0 aromatic heterocycles. The maximum absolute atomic E-state index is 18.7. The van der Waals surface area contributed by atoms with E-state index in [9.17, 15) is 0 Å². The Kier molecular flexibility index (Phi) is 15.0. The second-order valence-corrected chi connectivity index (χ2v) is 27.7. The fourth-order valence-electron chi connectivity index (χ4n) is 16.4. The van der Waals surface area contributed by atoms with Crippen molar-refractivity contribution in [1.29, 1.82) is 0 Å². The molecule has 11 heteroatoms. The molecule has 0 radical (unpaired) electrons. The van der Waals surface area contributed by atoms with Crippen LogP contribution in [0.15, 0.2) is 368 Å². The van der Waals surface area contributed by atoms with Gasteiger partial charge in [-0.05, 0) is 177 Å². The molecule has 19 rings (SSSR count). The molecule has 4 heterocycles. The molecule has 0 fully saturated rings. The number of nitrogens with zero attached hydrogens (tertiary/aromatic N) is 5. The Morgan fingerprint density at radius 2 is 0.718 bits per heavy atom. The van der Waals surface area contributed by atoms with Gasteiger partial charge in [-0.2, -0.15) is 13.2 Å². The lowest BCUT2D eigenvalue weighted by atomic mass is 9.30. The molecule has 488 valence electrons. The van der Waals surface area contributed by atoms with E-state index in [1.54, 1.807) is 0 Å². The third-order valence-electron chi connectivity index (χ3n) is 20.7. The van der Waals surface area contributed by atoms with E-state index in [1.807, 2.05) is 115 Å². The third kappa shape index (κ3) is 10.4. The van der Waals surface area contributed by atoms with Crippen LogP contribution in [0.2, 0.25) is 0 Å². The van der Waals surface area contributed by atoms with Crippen LogP contribution in [0.4, 0.5) is 98.5 Å². The molecular weight excluding hydrogens is 1290 g/mol. The topological polar surface area (TPSA) is 16.2 Å². The predicted octanol–water partition coefficient (Wildman–Crippen LogP) is 21.8. The number of aryl methyl sites for hydroxylation is 1. The van der Waals surface area contributed by atoms with Crippen LogP contribution in [0, 0.1) is 6.92 Å². The summed E-state index contributed by atoms with van der Waals surface area (Å²) in [5.74, 6) is 0. The fraction of sp³-hybridized carbons (Fsp3) is 0.0217. The molecule has 0 saturated carbocycles. The summed E-state index contributed by atoms with van der Waals surface area (Å²) >= 11 is 1.25. The highest BCUT2D eigenvalue weighted by molar-refractivity contribution is 8.00. The van der Waals surface area contributed by atoms with E-state index in [-0.39, 0.29) is 10.6 Å². The summed E-state index contributed by atoms with van der Waals surface area (Å²) in [6, 6.07) is 123. The van der Waals surface area contributed by atoms with Crippen molar-refractivity contribution in [2.24, 2.45) is 0 Å². The van der Waals surface area contributed by atoms with Crippen LogP contribution in [0.5, 0.6) is 0 Å². The lowest BCUT2D eigenvalue weighted by molar-refractivity contribution is -0.139. The van der Waals surface area contributed by atoms with Gasteiger partial charge in [0.25, 0.3) is 6.71 Å². The molecule has 15 aromatic carbocycles. The van der Waals surface area contributed by atoms with E-state index in [2.05, 4.69) is 274 Å². The van der Waals surface area contributed by atoms with Crippen molar-refractivity contribution >= 4 is 143 Å². The molecule has 103 heavy (non-hydrogen) atoms. The van der Waals surface area contributed by atoms with Crippen LogP contribution in [-0.2, 0) is 6.18 Å². The van der Waals surface area contributed by atoms with Gasteiger partial charge in [0.05, 0.1) is 22.6 Å². The molecule has 0 amide bonds. The lowest BCUT2D eigenvalue weighted by Gasteiger charge is -2.47. The molecule has 0 unspecified atom stereocenters. The molecule has 0 atom stereocenters. The smallest absolute Gasteiger partial charge is 0.311 e. The Bertz CT molecular complexity index is 5720. The van der Waals surface area contributed by atoms with E-state index >= 15 is 13.2 Å². The zero-order valence-corrected chi connectivity index (χ0v) is 56.8. The van der Waals surface area contributed by atoms with Crippen molar-refractivity contribution < 1.29 is 13.2 Å². The van der Waals surface area contributed by atoms with Crippen molar-refractivity contribution in [3.05, 3.63) is 369 Å².